The molecule has 2 rings (SSSR count). The molecule has 0 saturated carbocycles. The summed E-state index contributed by atoms with van der Waals surface area (Å²) in [5.74, 6) is 1.42. The molecular weight excluding hydrogens is 266 g/mol. The number of pyridine rings is 1. The summed E-state index contributed by atoms with van der Waals surface area (Å²) in [5.41, 5.74) is 3.12. The van der Waals surface area contributed by atoms with E-state index in [1.807, 2.05) is 33.3 Å². The summed E-state index contributed by atoms with van der Waals surface area (Å²) < 4.78 is 10.8. The molecule has 0 aliphatic carbocycles. The minimum Gasteiger partial charge on any atom is -0.493 e. The number of methoxy groups -OCH3 is 2. The first-order chi connectivity index (χ1) is 10.1. The zero-order chi connectivity index (χ0) is 15.4. The van der Waals surface area contributed by atoms with Crippen molar-refractivity contribution in [2.75, 3.05) is 46.8 Å². The van der Waals surface area contributed by atoms with Crippen LogP contribution in [0.1, 0.15) is 5.69 Å². The van der Waals surface area contributed by atoms with E-state index in [0.717, 1.165) is 41.0 Å². The van der Waals surface area contributed by atoms with Crippen LogP contribution < -0.4 is 19.7 Å². The normalized spacial score (nSPS) is 10.7. The SMILES string of the molecule is CNCCc1cc(N(C)C)c2cc(OC)c(OC)cc2n1. The second kappa shape index (κ2) is 6.63. The lowest BCUT2D eigenvalue weighted by atomic mass is 10.1. The van der Waals surface area contributed by atoms with Crippen LogP contribution >= 0.6 is 0 Å². The zero-order valence-electron chi connectivity index (χ0n) is 13.4. The predicted molar refractivity (Wildman–Crippen MR) is 86.8 cm³/mol. The van der Waals surface area contributed by atoms with Crippen LogP contribution in [0.5, 0.6) is 11.5 Å². The topological polar surface area (TPSA) is 46.6 Å². The van der Waals surface area contributed by atoms with Gasteiger partial charge in [0.1, 0.15) is 0 Å². The van der Waals surface area contributed by atoms with Crippen LogP contribution in [0.15, 0.2) is 18.2 Å². The summed E-state index contributed by atoms with van der Waals surface area (Å²) in [6.45, 7) is 0.901. The summed E-state index contributed by atoms with van der Waals surface area (Å²) in [6.07, 6.45) is 0.891. The van der Waals surface area contributed by atoms with Gasteiger partial charge < -0.3 is 19.7 Å². The quantitative estimate of drug-likeness (QED) is 0.882. The average Bonchev–Trinajstić information content (AvgIpc) is 2.50. The average molecular weight is 289 g/mol. The largest absolute Gasteiger partial charge is 0.493 e. The smallest absolute Gasteiger partial charge is 0.162 e. The third-order valence-corrected chi connectivity index (χ3v) is 3.46. The predicted octanol–water partition coefficient (Wildman–Crippen LogP) is 2.08. The standard InChI is InChI=1S/C16H23N3O2/c1-17-7-6-11-8-14(19(2)3)12-9-15(20-4)16(21-5)10-13(12)18-11/h8-10,17H,6-7H2,1-5H3. The van der Waals surface area contributed by atoms with Crippen LogP contribution in [-0.2, 0) is 6.42 Å². The Hall–Kier alpha value is -2.01. The minimum atomic E-state index is 0.702. The van der Waals surface area contributed by atoms with Crippen molar-refractivity contribution in [1.29, 1.82) is 0 Å². The third-order valence-electron chi connectivity index (χ3n) is 3.46. The molecule has 1 heterocycles. The molecular formula is C16H23N3O2. The molecule has 0 atom stereocenters. The highest BCUT2D eigenvalue weighted by molar-refractivity contribution is 5.94. The lowest BCUT2D eigenvalue weighted by Gasteiger charge is -2.18. The number of hydrogen-bond acceptors (Lipinski definition) is 5. The van der Waals surface area contributed by atoms with Crippen LogP contribution in [0.4, 0.5) is 5.69 Å². The molecule has 0 aliphatic heterocycles. The van der Waals surface area contributed by atoms with E-state index in [1.165, 1.54) is 0 Å². The van der Waals surface area contributed by atoms with E-state index >= 15 is 0 Å². The van der Waals surface area contributed by atoms with Crippen molar-refractivity contribution < 1.29 is 9.47 Å². The van der Waals surface area contributed by atoms with Crippen LogP contribution in [0.3, 0.4) is 0 Å². The molecule has 21 heavy (non-hydrogen) atoms. The first-order valence-corrected chi connectivity index (χ1v) is 6.98. The molecule has 0 spiro atoms. The molecule has 0 radical (unpaired) electrons. The lowest BCUT2D eigenvalue weighted by Crippen LogP contribution is -2.14. The molecule has 0 saturated heterocycles. The highest BCUT2D eigenvalue weighted by atomic mass is 16.5. The molecule has 0 aliphatic rings. The van der Waals surface area contributed by atoms with Gasteiger partial charge in [0.2, 0.25) is 0 Å². The van der Waals surface area contributed by atoms with E-state index in [-0.39, 0.29) is 0 Å². The number of likely N-dealkylation sites (N-methyl/N-ethyl adjacent to an activating group) is 1. The van der Waals surface area contributed by atoms with Gasteiger partial charge in [0, 0.05) is 49.9 Å². The van der Waals surface area contributed by atoms with Crippen LogP contribution in [0.2, 0.25) is 0 Å². The Morgan fingerprint density at radius 2 is 1.76 bits per heavy atom. The van der Waals surface area contributed by atoms with Gasteiger partial charge in [-0.25, -0.2) is 0 Å². The monoisotopic (exact) mass is 289 g/mol. The minimum absolute atomic E-state index is 0.702. The number of nitrogens with one attached hydrogen (secondary N) is 1. The van der Waals surface area contributed by atoms with Crippen LogP contribution in [0, 0.1) is 0 Å². The van der Waals surface area contributed by atoms with E-state index in [2.05, 4.69) is 16.3 Å². The number of aromatic nitrogens is 1. The second-order valence-corrected chi connectivity index (χ2v) is 5.11. The van der Waals surface area contributed by atoms with Gasteiger partial charge in [-0.1, -0.05) is 0 Å². The fraction of sp³-hybridized carbons (Fsp3) is 0.438. The van der Waals surface area contributed by atoms with Gasteiger partial charge in [0.05, 0.1) is 19.7 Å². The van der Waals surface area contributed by atoms with Gasteiger partial charge in [-0.05, 0) is 19.2 Å². The summed E-state index contributed by atoms with van der Waals surface area (Å²) in [6, 6.07) is 6.05. The number of anilines is 1. The van der Waals surface area contributed by atoms with Crippen LogP contribution in [0.25, 0.3) is 10.9 Å². The van der Waals surface area contributed by atoms with Crippen molar-refractivity contribution >= 4 is 16.6 Å². The Kier molecular flexibility index (Phi) is 4.85. The molecule has 5 heteroatoms. The van der Waals surface area contributed by atoms with Crippen molar-refractivity contribution in [3.05, 3.63) is 23.9 Å². The molecule has 1 aromatic carbocycles. The lowest BCUT2D eigenvalue weighted by molar-refractivity contribution is 0.356. The molecule has 0 unspecified atom stereocenters. The molecule has 0 amide bonds. The van der Waals surface area contributed by atoms with Crippen molar-refractivity contribution in [2.24, 2.45) is 0 Å². The van der Waals surface area contributed by atoms with E-state index in [9.17, 15) is 0 Å². The molecule has 1 aromatic heterocycles. The van der Waals surface area contributed by atoms with Crippen molar-refractivity contribution in [1.82, 2.24) is 10.3 Å². The fourth-order valence-corrected chi connectivity index (χ4v) is 2.34. The van der Waals surface area contributed by atoms with Crippen LogP contribution in [-0.4, -0.2) is 46.9 Å². The third kappa shape index (κ3) is 3.19. The maximum absolute atomic E-state index is 5.39. The Labute approximate surface area is 125 Å². The van der Waals surface area contributed by atoms with Gasteiger partial charge >= 0.3 is 0 Å². The fourth-order valence-electron chi connectivity index (χ4n) is 2.34. The highest BCUT2D eigenvalue weighted by Gasteiger charge is 2.12. The Morgan fingerprint density at radius 3 is 2.33 bits per heavy atom. The molecule has 2 aromatic rings. The Bertz CT molecular complexity index is 626. The van der Waals surface area contributed by atoms with E-state index in [4.69, 9.17) is 14.5 Å². The van der Waals surface area contributed by atoms with Crippen molar-refractivity contribution in [2.45, 2.75) is 6.42 Å². The highest BCUT2D eigenvalue weighted by Crippen LogP contribution is 2.35. The summed E-state index contributed by atoms with van der Waals surface area (Å²) >= 11 is 0. The van der Waals surface area contributed by atoms with Gasteiger partial charge in [-0.2, -0.15) is 0 Å². The van der Waals surface area contributed by atoms with Gasteiger partial charge in [-0.15, -0.1) is 0 Å². The van der Waals surface area contributed by atoms with Gasteiger partial charge in [0.15, 0.2) is 11.5 Å². The summed E-state index contributed by atoms with van der Waals surface area (Å²) in [7, 11) is 9.30. The van der Waals surface area contributed by atoms with Gasteiger partial charge in [0.25, 0.3) is 0 Å². The Morgan fingerprint density at radius 1 is 1.10 bits per heavy atom. The number of ether oxygens (including phenoxy) is 2. The maximum Gasteiger partial charge on any atom is 0.162 e. The Balaban J connectivity index is 2.63. The second-order valence-electron chi connectivity index (χ2n) is 5.11. The molecule has 0 bridgehead atoms. The van der Waals surface area contributed by atoms with Crippen molar-refractivity contribution in [3.63, 3.8) is 0 Å². The van der Waals surface area contributed by atoms with Crippen molar-refractivity contribution in [3.8, 4) is 11.5 Å². The molecule has 1 N–H and O–H groups in total. The maximum atomic E-state index is 5.39. The number of benzene rings is 1. The molecule has 5 nitrogen and oxygen atoms in total. The van der Waals surface area contributed by atoms with E-state index < -0.39 is 0 Å². The first-order valence-electron chi connectivity index (χ1n) is 6.98. The molecule has 114 valence electrons. The number of hydrogen-bond donors (Lipinski definition) is 1. The van der Waals surface area contributed by atoms with E-state index in [0.29, 0.717) is 5.75 Å². The summed E-state index contributed by atoms with van der Waals surface area (Å²) in [5, 5.41) is 4.22. The van der Waals surface area contributed by atoms with Gasteiger partial charge in [-0.3, -0.25) is 4.98 Å². The molecule has 0 fully saturated rings. The van der Waals surface area contributed by atoms with E-state index in [1.54, 1.807) is 14.2 Å². The zero-order valence-corrected chi connectivity index (χ0v) is 13.4. The first kappa shape index (κ1) is 15.4. The summed E-state index contributed by atoms with van der Waals surface area (Å²) in [4.78, 5) is 6.83. The number of rotatable bonds is 6. The number of fused-ring (bicyclic) bond motifs is 1. The number of nitrogens with zero attached hydrogens (tertiary/aromatic N) is 2.